The molecule has 134 valence electrons. The molecule has 2 aromatic carbocycles. The van der Waals surface area contributed by atoms with Crippen LogP contribution in [0.1, 0.15) is 16.7 Å². The van der Waals surface area contributed by atoms with Gasteiger partial charge in [0.2, 0.25) is 10.0 Å². The number of carboxylic acids is 1. The average molecular weight is 363 g/mol. The maximum atomic E-state index is 12.7. The first-order valence-corrected chi connectivity index (χ1v) is 9.17. The summed E-state index contributed by atoms with van der Waals surface area (Å²) in [5.41, 5.74) is 1.88. The van der Waals surface area contributed by atoms with E-state index in [1.807, 2.05) is 6.07 Å². The molecular formula is C18H21NO5S. The molecule has 0 aromatic heterocycles. The molecule has 2 aromatic rings. The number of ether oxygens (including phenoxy) is 1. The van der Waals surface area contributed by atoms with Gasteiger partial charge in [-0.3, -0.25) is 4.79 Å². The van der Waals surface area contributed by atoms with Crippen LogP contribution in [0.2, 0.25) is 0 Å². The molecule has 0 radical (unpaired) electrons. The summed E-state index contributed by atoms with van der Waals surface area (Å²) in [5.74, 6) is -0.647. The number of benzene rings is 2. The molecule has 1 atom stereocenters. The van der Waals surface area contributed by atoms with Gasteiger partial charge in [-0.2, -0.15) is 4.72 Å². The number of hydrogen-bond acceptors (Lipinski definition) is 4. The van der Waals surface area contributed by atoms with Gasteiger partial charge in [0.1, 0.15) is 11.8 Å². The molecule has 0 saturated carbocycles. The van der Waals surface area contributed by atoms with Crippen LogP contribution in [0.4, 0.5) is 0 Å². The number of carboxylic acid groups (broad SMARTS) is 1. The lowest BCUT2D eigenvalue weighted by Gasteiger charge is -2.17. The van der Waals surface area contributed by atoms with Crippen molar-refractivity contribution in [2.24, 2.45) is 0 Å². The lowest BCUT2D eigenvalue weighted by molar-refractivity contribution is -0.138. The first-order valence-electron chi connectivity index (χ1n) is 7.69. The van der Waals surface area contributed by atoms with Crippen molar-refractivity contribution in [2.45, 2.75) is 31.2 Å². The van der Waals surface area contributed by atoms with Crippen LogP contribution in [-0.4, -0.2) is 32.6 Å². The van der Waals surface area contributed by atoms with Crippen molar-refractivity contribution in [1.29, 1.82) is 0 Å². The molecule has 0 aliphatic heterocycles. The van der Waals surface area contributed by atoms with Gasteiger partial charge in [0.25, 0.3) is 0 Å². The number of rotatable bonds is 7. The van der Waals surface area contributed by atoms with Gasteiger partial charge < -0.3 is 9.84 Å². The van der Waals surface area contributed by atoms with Crippen LogP contribution < -0.4 is 9.46 Å². The quantitative estimate of drug-likeness (QED) is 0.787. The van der Waals surface area contributed by atoms with Crippen LogP contribution in [-0.2, 0) is 21.2 Å². The predicted octanol–water partition coefficient (Wildman–Crippen LogP) is 2.29. The minimum absolute atomic E-state index is 0.0464. The third-order valence-electron chi connectivity index (χ3n) is 3.86. The van der Waals surface area contributed by atoms with Gasteiger partial charge >= 0.3 is 5.97 Å². The van der Waals surface area contributed by atoms with E-state index in [0.29, 0.717) is 16.9 Å². The fraction of sp³-hybridized carbons (Fsp3) is 0.278. The number of aryl methyl sites for hydroxylation is 2. The number of sulfonamides is 1. The van der Waals surface area contributed by atoms with Crippen LogP contribution in [0.5, 0.6) is 5.75 Å². The zero-order chi connectivity index (χ0) is 18.6. The second-order valence-electron chi connectivity index (χ2n) is 5.79. The molecular weight excluding hydrogens is 342 g/mol. The van der Waals surface area contributed by atoms with Crippen LogP contribution in [0, 0.1) is 13.8 Å². The number of nitrogens with one attached hydrogen (secondary N) is 1. The maximum Gasteiger partial charge on any atom is 0.322 e. The minimum Gasteiger partial charge on any atom is -0.496 e. The Morgan fingerprint density at radius 3 is 2.36 bits per heavy atom. The summed E-state index contributed by atoms with van der Waals surface area (Å²) in [6, 6.07) is 10.7. The van der Waals surface area contributed by atoms with Gasteiger partial charge in [0.05, 0.1) is 12.0 Å². The SMILES string of the molecule is COc1cc(C)c(S(=O)(=O)N[C@@H](Cc2ccccc2)C(=O)O)cc1C. The second-order valence-corrected chi connectivity index (χ2v) is 7.47. The Hall–Kier alpha value is -2.38. The molecule has 0 spiro atoms. The van der Waals surface area contributed by atoms with Crippen molar-refractivity contribution in [3.63, 3.8) is 0 Å². The molecule has 0 amide bonds. The summed E-state index contributed by atoms with van der Waals surface area (Å²) in [7, 11) is -2.48. The van der Waals surface area contributed by atoms with E-state index in [9.17, 15) is 18.3 Å². The van der Waals surface area contributed by atoms with E-state index in [1.165, 1.54) is 13.2 Å². The predicted molar refractivity (Wildman–Crippen MR) is 94.4 cm³/mol. The average Bonchev–Trinajstić information content (AvgIpc) is 2.56. The normalized spacial score (nSPS) is 12.6. The smallest absolute Gasteiger partial charge is 0.322 e. The van der Waals surface area contributed by atoms with Crippen molar-refractivity contribution in [2.75, 3.05) is 7.11 Å². The van der Waals surface area contributed by atoms with Gasteiger partial charge in [0.15, 0.2) is 0 Å². The molecule has 6 nitrogen and oxygen atoms in total. The van der Waals surface area contributed by atoms with Gasteiger partial charge in [-0.1, -0.05) is 30.3 Å². The summed E-state index contributed by atoms with van der Waals surface area (Å²) in [5, 5.41) is 9.40. The monoisotopic (exact) mass is 363 g/mol. The number of hydrogen-bond donors (Lipinski definition) is 2. The highest BCUT2D eigenvalue weighted by molar-refractivity contribution is 7.89. The molecule has 0 heterocycles. The minimum atomic E-state index is -3.99. The zero-order valence-electron chi connectivity index (χ0n) is 14.3. The van der Waals surface area contributed by atoms with Crippen molar-refractivity contribution in [1.82, 2.24) is 4.72 Å². The molecule has 0 bridgehead atoms. The van der Waals surface area contributed by atoms with E-state index >= 15 is 0 Å². The molecule has 0 aliphatic carbocycles. The molecule has 7 heteroatoms. The Morgan fingerprint density at radius 2 is 1.80 bits per heavy atom. The standard InChI is InChI=1S/C18H21NO5S/c1-12-10-17(13(2)9-16(12)24-3)25(22,23)19-15(18(20)21)11-14-7-5-4-6-8-14/h4-10,15,19H,11H2,1-3H3,(H,20,21)/t15-/m0/s1. The third kappa shape index (κ3) is 4.58. The van der Waals surface area contributed by atoms with E-state index in [0.717, 1.165) is 5.56 Å². The van der Waals surface area contributed by atoms with Gasteiger partial charge in [-0.25, -0.2) is 8.42 Å². The Morgan fingerprint density at radius 1 is 1.16 bits per heavy atom. The summed E-state index contributed by atoms with van der Waals surface area (Å²) in [4.78, 5) is 11.6. The maximum absolute atomic E-state index is 12.7. The summed E-state index contributed by atoms with van der Waals surface area (Å²) in [6.07, 6.45) is 0.0591. The first kappa shape index (κ1) is 19.0. The Kier molecular flexibility index (Phi) is 5.81. The van der Waals surface area contributed by atoms with Crippen LogP contribution in [0.25, 0.3) is 0 Å². The number of methoxy groups -OCH3 is 1. The summed E-state index contributed by atoms with van der Waals surface area (Å²) < 4.78 is 32.9. The highest BCUT2D eigenvalue weighted by atomic mass is 32.2. The lowest BCUT2D eigenvalue weighted by atomic mass is 10.1. The zero-order valence-corrected chi connectivity index (χ0v) is 15.1. The van der Waals surface area contributed by atoms with E-state index in [2.05, 4.69) is 4.72 Å². The molecule has 25 heavy (non-hydrogen) atoms. The Balaban J connectivity index is 2.32. The van der Waals surface area contributed by atoms with E-state index in [1.54, 1.807) is 44.2 Å². The van der Waals surface area contributed by atoms with Crippen molar-refractivity contribution in [3.05, 3.63) is 59.2 Å². The van der Waals surface area contributed by atoms with E-state index in [4.69, 9.17) is 4.74 Å². The lowest BCUT2D eigenvalue weighted by Crippen LogP contribution is -2.42. The Labute approximate surface area is 147 Å². The van der Waals surface area contributed by atoms with Gasteiger partial charge in [0, 0.05) is 0 Å². The Bertz CT molecular complexity index is 863. The largest absolute Gasteiger partial charge is 0.496 e. The topological polar surface area (TPSA) is 92.7 Å². The van der Waals surface area contributed by atoms with Crippen LogP contribution in [0.3, 0.4) is 0 Å². The third-order valence-corrected chi connectivity index (χ3v) is 5.47. The highest BCUT2D eigenvalue weighted by Gasteiger charge is 2.27. The highest BCUT2D eigenvalue weighted by Crippen LogP contribution is 2.25. The van der Waals surface area contributed by atoms with Crippen molar-refractivity contribution < 1.29 is 23.1 Å². The second kappa shape index (κ2) is 7.67. The molecule has 0 saturated heterocycles. The number of carbonyl (C=O) groups is 1. The fourth-order valence-corrected chi connectivity index (χ4v) is 4.05. The number of aliphatic carboxylic acids is 1. The molecule has 2 rings (SSSR count). The summed E-state index contributed by atoms with van der Waals surface area (Å²) >= 11 is 0. The summed E-state index contributed by atoms with van der Waals surface area (Å²) in [6.45, 7) is 3.37. The molecule has 2 N–H and O–H groups in total. The van der Waals surface area contributed by atoms with Gasteiger partial charge in [-0.15, -0.1) is 0 Å². The molecule has 0 aliphatic rings. The molecule has 0 fully saturated rings. The fourth-order valence-electron chi connectivity index (χ4n) is 2.55. The van der Waals surface area contributed by atoms with E-state index < -0.39 is 22.0 Å². The van der Waals surface area contributed by atoms with Crippen molar-refractivity contribution >= 4 is 16.0 Å². The molecule has 0 unspecified atom stereocenters. The van der Waals surface area contributed by atoms with Gasteiger partial charge in [-0.05, 0) is 49.1 Å². The van der Waals surface area contributed by atoms with Crippen molar-refractivity contribution in [3.8, 4) is 5.75 Å². The van der Waals surface area contributed by atoms with Crippen LogP contribution in [0.15, 0.2) is 47.4 Å². The first-order chi connectivity index (χ1) is 11.7. The van der Waals surface area contributed by atoms with E-state index in [-0.39, 0.29) is 11.3 Å². The van der Waals surface area contributed by atoms with Crippen LogP contribution >= 0.6 is 0 Å².